The van der Waals surface area contributed by atoms with Gasteiger partial charge in [-0.15, -0.1) is 0 Å². The second-order valence-corrected chi connectivity index (χ2v) is 6.55. The Balaban J connectivity index is 1.84. The third-order valence-corrected chi connectivity index (χ3v) is 4.83. The van der Waals surface area contributed by atoms with Gasteiger partial charge in [0.15, 0.2) is 5.13 Å². The molecule has 0 aliphatic carbocycles. The van der Waals surface area contributed by atoms with Gasteiger partial charge in [0.1, 0.15) is 5.82 Å². The number of benzene rings is 2. The summed E-state index contributed by atoms with van der Waals surface area (Å²) in [6.07, 6.45) is 1.08. The fourth-order valence-electron chi connectivity index (χ4n) is 2.34. The van der Waals surface area contributed by atoms with Crippen LogP contribution >= 0.6 is 11.3 Å². The third-order valence-electron chi connectivity index (χ3n) is 3.90. The smallest absolute Gasteiger partial charge is 0.257 e. The van der Waals surface area contributed by atoms with Crippen molar-refractivity contribution in [1.29, 1.82) is 0 Å². The van der Waals surface area contributed by atoms with Gasteiger partial charge in [0, 0.05) is 5.56 Å². The second kappa shape index (κ2) is 6.46. The standard InChI is InChI=1S/C18H17FN2OS/c1-3-11(2)12-7-8-15-16(10-12)23-18(20-15)21-17(22)13-5-4-6-14(19)9-13/h4-11H,3H2,1-2H3,(H,20,21,22). The summed E-state index contributed by atoms with van der Waals surface area (Å²) < 4.78 is 14.2. The van der Waals surface area contributed by atoms with Crippen molar-refractivity contribution >= 4 is 32.6 Å². The largest absolute Gasteiger partial charge is 0.298 e. The predicted octanol–water partition coefficient (Wildman–Crippen LogP) is 5.20. The summed E-state index contributed by atoms with van der Waals surface area (Å²) in [6.45, 7) is 4.35. The lowest BCUT2D eigenvalue weighted by Crippen LogP contribution is -2.11. The highest BCUT2D eigenvalue weighted by Gasteiger charge is 2.12. The van der Waals surface area contributed by atoms with Gasteiger partial charge in [0.2, 0.25) is 0 Å². The molecule has 3 nitrogen and oxygen atoms in total. The molecule has 0 saturated heterocycles. The Hall–Kier alpha value is -2.27. The van der Waals surface area contributed by atoms with Crippen molar-refractivity contribution in [3.63, 3.8) is 0 Å². The highest BCUT2D eigenvalue weighted by atomic mass is 32.1. The molecule has 2 aromatic carbocycles. The van der Waals surface area contributed by atoms with Crippen molar-refractivity contribution in [3.05, 3.63) is 59.4 Å². The van der Waals surface area contributed by atoms with E-state index in [0.29, 0.717) is 11.0 Å². The normalized spacial score (nSPS) is 12.3. The van der Waals surface area contributed by atoms with Crippen LogP contribution < -0.4 is 5.32 Å². The van der Waals surface area contributed by atoms with Crippen molar-refractivity contribution < 1.29 is 9.18 Å². The minimum atomic E-state index is -0.430. The molecule has 1 unspecified atom stereocenters. The maximum Gasteiger partial charge on any atom is 0.257 e. The second-order valence-electron chi connectivity index (χ2n) is 5.52. The van der Waals surface area contributed by atoms with E-state index in [4.69, 9.17) is 0 Å². The van der Waals surface area contributed by atoms with Gasteiger partial charge >= 0.3 is 0 Å². The van der Waals surface area contributed by atoms with E-state index in [1.807, 2.05) is 6.07 Å². The fraction of sp³-hybridized carbons (Fsp3) is 0.222. The van der Waals surface area contributed by atoms with Crippen LogP contribution in [0.4, 0.5) is 9.52 Å². The zero-order valence-corrected chi connectivity index (χ0v) is 13.8. The number of aromatic nitrogens is 1. The number of rotatable bonds is 4. The molecule has 0 aliphatic rings. The van der Waals surface area contributed by atoms with Crippen molar-refractivity contribution in [3.8, 4) is 0 Å². The fourth-order valence-corrected chi connectivity index (χ4v) is 3.25. The molecule has 0 aliphatic heterocycles. The van der Waals surface area contributed by atoms with Gasteiger partial charge in [-0.25, -0.2) is 9.37 Å². The van der Waals surface area contributed by atoms with E-state index in [0.717, 1.165) is 16.6 Å². The van der Waals surface area contributed by atoms with Gasteiger partial charge in [-0.05, 0) is 48.2 Å². The van der Waals surface area contributed by atoms with Gasteiger partial charge in [0.25, 0.3) is 5.91 Å². The number of halogens is 1. The van der Waals surface area contributed by atoms with E-state index in [-0.39, 0.29) is 11.5 Å². The highest BCUT2D eigenvalue weighted by molar-refractivity contribution is 7.22. The van der Waals surface area contributed by atoms with Gasteiger partial charge in [-0.3, -0.25) is 10.1 Å². The molecule has 1 atom stereocenters. The molecule has 0 fully saturated rings. The Kier molecular flexibility index (Phi) is 4.39. The average molecular weight is 328 g/mol. The number of carbonyl (C=O) groups excluding carboxylic acids is 1. The van der Waals surface area contributed by atoms with Crippen molar-refractivity contribution in [2.24, 2.45) is 0 Å². The molecule has 1 amide bonds. The Morgan fingerprint density at radius 3 is 2.87 bits per heavy atom. The molecule has 5 heteroatoms. The first-order valence-electron chi connectivity index (χ1n) is 7.54. The molecule has 0 saturated carbocycles. The minimum Gasteiger partial charge on any atom is -0.298 e. The SMILES string of the molecule is CCC(C)c1ccc2nc(NC(=O)c3cccc(F)c3)sc2c1. The van der Waals surface area contributed by atoms with Crippen LogP contribution in [0.25, 0.3) is 10.2 Å². The first-order valence-corrected chi connectivity index (χ1v) is 8.36. The quantitative estimate of drug-likeness (QED) is 0.715. The summed E-state index contributed by atoms with van der Waals surface area (Å²) in [5, 5.41) is 3.26. The summed E-state index contributed by atoms with van der Waals surface area (Å²) in [4.78, 5) is 16.6. The number of anilines is 1. The molecule has 1 heterocycles. The number of nitrogens with one attached hydrogen (secondary N) is 1. The maximum atomic E-state index is 13.2. The topological polar surface area (TPSA) is 42.0 Å². The summed E-state index contributed by atoms with van der Waals surface area (Å²) in [7, 11) is 0. The molecule has 3 rings (SSSR count). The number of carbonyl (C=O) groups is 1. The van der Waals surface area contributed by atoms with Gasteiger partial charge in [-0.2, -0.15) is 0 Å². The number of nitrogens with zero attached hydrogens (tertiary/aromatic N) is 1. The Morgan fingerprint density at radius 2 is 2.13 bits per heavy atom. The van der Waals surface area contributed by atoms with E-state index in [2.05, 4.69) is 36.3 Å². The number of hydrogen-bond acceptors (Lipinski definition) is 3. The third kappa shape index (κ3) is 3.40. The van der Waals surface area contributed by atoms with Crippen molar-refractivity contribution in [2.45, 2.75) is 26.2 Å². The highest BCUT2D eigenvalue weighted by Crippen LogP contribution is 2.30. The molecule has 3 aromatic rings. The molecule has 0 radical (unpaired) electrons. The summed E-state index contributed by atoms with van der Waals surface area (Å²) in [6, 6.07) is 11.8. The Morgan fingerprint density at radius 1 is 1.30 bits per heavy atom. The van der Waals surface area contributed by atoms with E-state index >= 15 is 0 Å². The summed E-state index contributed by atoms with van der Waals surface area (Å²) in [5.41, 5.74) is 2.41. The predicted molar refractivity (Wildman–Crippen MR) is 92.7 cm³/mol. The molecular weight excluding hydrogens is 311 g/mol. The van der Waals surface area contributed by atoms with E-state index < -0.39 is 5.82 Å². The van der Waals surface area contributed by atoms with E-state index in [9.17, 15) is 9.18 Å². The molecule has 0 bridgehead atoms. The lowest BCUT2D eigenvalue weighted by atomic mass is 9.99. The van der Waals surface area contributed by atoms with E-state index in [1.165, 1.54) is 35.1 Å². The van der Waals surface area contributed by atoms with Crippen molar-refractivity contribution in [1.82, 2.24) is 4.98 Å². The lowest BCUT2D eigenvalue weighted by Gasteiger charge is -2.07. The number of fused-ring (bicyclic) bond motifs is 1. The molecule has 23 heavy (non-hydrogen) atoms. The zero-order chi connectivity index (χ0) is 16.4. The first kappa shape index (κ1) is 15.6. The average Bonchev–Trinajstić information content (AvgIpc) is 2.95. The Bertz CT molecular complexity index is 859. The molecule has 0 spiro atoms. The summed E-state index contributed by atoms with van der Waals surface area (Å²) >= 11 is 1.43. The molecule has 118 valence electrons. The van der Waals surface area contributed by atoms with Crippen LogP contribution in [0, 0.1) is 5.82 Å². The maximum absolute atomic E-state index is 13.2. The van der Waals surface area contributed by atoms with Gasteiger partial charge < -0.3 is 0 Å². The van der Waals surface area contributed by atoms with Crippen LogP contribution in [-0.2, 0) is 0 Å². The van der Waals surface area contributed by atoms with Crippen molar-refractivity contribution in [2.75, 3.05) is 5.32 Å². The number of hydrogen-bond donors (Lipinski definition) is 1. The van der Waals surface area contributed by atoms with Gasteiger partial charge in [-0.1, -0.05) is 37.3 Å². The van der Waals surface area contributed by atoms with Crippen LogP contribution in [-0.4, -0.2) is 10.9 Å². The molecule has 1 aromatic heterocycles. The minimum absolute atomic E-state index is 0.282. The Labute approximate surface area is 138 Å². The molecule has 1 N–H and O–H groups in total. The van der Waals surface area contributed by atoms with Crippen LogP contribution in [0.2, 0.25) is 0 Å². The van der Waals surface area contributed by atoms with Crippen LogP contribution in [0.3, 0.4) is 0 Å². The molecular formula is C18H17FN2OS. The van der Waals surface area contributed by atoms with Crippen LogP contribution in [0.5, 0.6) is 0 Å². The number of amides is 1. The lowest BCUT2D eigenvalue weighted by molar-refractivity contribution is 0.102. The van der Waals surface area contributed by atoms with Crippen LogP contribution in [0.1, 0.15) is 42.1 Å². The van der Waals surface area contributed by atoms with E-state index in [1.54, 1.807) is 6.07 Å². The van der Waals surface area contributed by atoms with Gasteiger partial charge in [0.05, 0.1) is 10.2 Å². The first-order chi connectivity index (χ1) is 11.1. The summed E-state index contributed by atoms with van der Waals surface area (Å²) in [5.74, 6) is -0.294. The number of thiazole rings is 1. The zero-order valence-electron chi connectivity index (χ0n) is 13.0. The monoisotopic (exact) mass is 328 g/mol. The van der Waals surface area contributed by atoms with Crippen LogP contribution in [0.15, 0.2) is 42.5 Å².